The number of aromatic hydroxyl groups is 1. The van der Waals surface area contributed by atoms with Crippen molar-refractivity contribution in [2.24, 2.45) is 0 Å². The summed E-state index contributed by atoms with van der Waals surface area (Å²) in [5.41, 5.74) is 3.94. The molecule has 1 saturated heterocycles. The standard InChI is InChI=1S/C23H29NO2/c1-17(26-16-18-7-4-3-5-8-18)15-24-12-11-23(2)14-19(24)13-20-21(23)9-6-10-22(20)25/h3-10,17,19,25H,11-16H2,1-2H3/t17?,19-,23?/m0/s1. The summed E-state index contributed by atoms with van der Waals surface area (Å²) in [6.45, 7) is 7.27. The Morgan fingerprint density at radius 3 is 2.81 bits per heavy atom. The molecule has 1 N–H and O–H groups in total. The molecule has 1 aliphatic carbocycles. The molecule has 1 heterocycles. The smallest absolute Gasteiger partial charge is 0.119 e. The second-order valence-corrected chi connectivity index (χ2v) is 8.28. The predicted molar refractivity (Wildman–Crippen MR) is 104 cm³/mol. The SMILES string of the molecule is CC(CN1CCC2(C)C[C@@H]1Cc1c(O)cccc12)OCc1ccccc1. The van der Waals surface area contributed by atoms with E-state index in [4.69, 9.17) is 4.74 Å². The minimum atomic E-state index is 0.196. The second kappa shape index (κ2) is 7.05. The zero-order valence-electron chi connectivity index (χ0n) is 15.8. The van der Waals surface area contributed by atoms with E-state index in [1.807, 2.05) is 18.2 Å². The number of hydrogen-bond donors (Lipinski definition) is 1. The highest BCUT2D eigenvalue weighted by molar-refractivity contribution is 5.46. The molecule has 2 unspecified atom stereocenters. The van der Waals surface area contributed by atoms with Gasteiger partial charge in [-0.2, -0.15) is 0 Å². The molecule has 0 saturated carbocycles. The van der Waals surface area contributed by atoms with E-state index in [0.717, 1.165) is 31.5 Å². The summed E-state index contributed by atoms with van der Waals surface area (Å²) in [6, 6.07) is 16.9. The number of nitrogens with zero attached hydrogens (tertiary/aromatic N) is 1. The summed E-state index contributed by atoms with van der Waals surface area (Å²) in [5, 5.41) is 10.4. The minimum Gasteiger partial charge on any atom is -0.508 e. The molecule has 1 aliphatic heterocycles. The van der Waals surface area contributed by atoms with Crippen LogP contribution in [0.1, 0.15) is 43.4 Å². The van der Waals surface area contributed by atoms with Crippen molar-refractivity contribution in [2.45, 2.75) is 57.3 Å². The normalized spacial score (nSPS) is 26.3. The van der Waals surface area contributed by atoms with Gasteiger partial charge in [0, 0.05) is 12.6 Å². The van der Waals surface area contributed by atoms with E-state index in [1.54, 1.807) is 0 Å². The van der Waals surface area contributed by atoms with Crippen molar-refractivity contribution in [3.63, 3.8) is 0 Å². The lowest BCUT2D eigenvalue weighted by Gasteiger charge is -2.50. The quantitative estimate of drug-likeness (QED) is 0.873. The molecular formula is C23H29NO2. The van der Waals surface area contributed by atoms with Crippen molar-refractivity contribution in [3.8, 4) is 5.75 Å². The van der Waals surface area contributed by atoms with Crippen LogP contribution in [0.5, 0.6) is 5.75 Å². The fourth-order valence-electron chi connectivity index (χ4n) is 4.80. The number of phenols is 1. The fourth-order valence-corrected chi connectivity index (χ4v) is 4.80. The van der Waals surface area contributed by atoms with E-state index < -0.39 is 0 Å². The molecule has 0 amide bonds. The molecule has 0 spiro atoms. The third-order valence-electron chi connectivity index (χ3n) is 6.26. The van der Waals surface area contributed by atoms with Gasteiger partial charge in [0.15, 0.2) is 0 Å². The summed E-state index contributed by atoms with van der Waals surface area (Å²) < 4.78 is 6.10. The van der Waals surface area contributed by atoms with Gasteiger partial charge in [-0.15, -0.1) is 0 Å². The van der Waals surface area contributed by atoms with Gasteiger partial charge in [0.2, 0.25) is 0 Å². The molecule has 3 atom stereocenters. The van der Waals surface area contributed by atoms with Crippen LogP contribution in [0.2, 0.25) is 0 Å². The number of ether oxygens (including phenoxy) is 1. The van der Waals surface area contributed by atoms with Crippen LogP contribution in [0.15, 0.2) is 48.5 Å². The Labute approximate surface area is 156 Å². The first-order valence-electron chi connectivity index (χ1n) is 9.76. The Morgan fingerprint density at radius 2 is 2.00 bits per heavy atom. The van der Waals surface area contributed by atoms with Crippen LogP contribution in [0.3, 0.4) is 0 Å². The number of phenolic OH excluding ortho intramolecular Hbond substituents is 1. The molecule has 3 heteroatoms. The maximum absolute atomic E-state index is 10.4. The summed E-state index contributed by atoms with van der Waals surface area (Å²) in [6.07, 6.45) is 3.47. The van der Waals surface area contributed by atoms with Gasteiger partial charge in [0.25, 0.3) is 0 Å². The van der Waals surface area contributed by atoms with Gasteiger partial charge in [-0.3, -0.25) is 4.90 Å². The van der Waals surface area contributed by atoms with Gasteiger partial charge in [-0.05, 0) is 60.9 Å². The Hall–Kier alpha value is -1.84. The molecule has 3 nitrogen and oxygen atoms in total. The zero-order valence-corrected chi connectivity index (χ0v) is 15.8. The predicted octanol–water partition coefficient (Wildman–Crippen LogP) is 4.28. The van der Waals surface area contributed by atoms with Crippen LogP contribution in [0.4, 0.5) is 0 Å². The van der Waals surface area contributed by atoms with Crippen LogP contribution >= 0.6 is 0 Å². The average molecular weight is 351 g/mol. The average Bonchev–Trinajstić information content (AvgIpc) is 2.64. The monoisotopic (exact) mass is 351 g/mol. The van der Waals surface area contributed by atoms with Crippen molar-refractivity contribution in [2.75, 3.05) is 13.1 Å². The molecule has 4 rings (SSSR count). The Bertz CT molecular complexity index is 760. The van der Waals surface area contributed by atoms with Crippen molar-refractivity contribution in [3.05, 3.63) is 65.2 Å². The molecular weight excluding hydrogens is 322 g/mol. The minimum absolute atomic E-state index is 0.196. The van der Waals surface area contributed by atoms with Gasteiger partial charge < -0.3 is 9.84 Å². The molecule has 2 aliphatic rings. The van der Waals surface area contributed by atoms with Crippen molar-refractivity contribution in [1.29, 1.82) is 0 Å². The van der Waals surface area contributed by atoms with E-state index in [0.29, 0.717) is 18.4 Å². The molecule has 2 bridgehead atoms. The topological polar surface area (TPSA) is 32.7 Å². The third-order valence-corrected chi connectivity index (χ3v) is 6.26. The van der Waals surface area contributed by atoms with Gasteiger partial charge in [-0.1, -0.05) is 49.4 Å². The lowest BCUT2D eigenvalue weighted by Crippen LogP contribution is -2.53. The van der Waals surface area contributed by atoms with Crippen molar-refractivity contribution >= 4 is 0 Å². The summed E-state index contributed by atoms with van der Waals surface area (Å²) in [7, 11) is 0. The molecule has 138 valence electrons. The number of rotatable bonds is 5. The molecule has 2 aromatic rings. The van der Waals surface area contributed by atoms with Gasteiger partial charge >= 0.3 is 0 Å². The molecule has 26 heavy (non-hydrogen) atoms. The number of fused-ring (bicyclic) bond motifs is 4. The van der Waals surface area contributed by atoms with Crippen LogP contribution in [0, 0.1) is 0 Å². The highest BCUT2D eigenvalue weighted by Crippen LogP contribution is 2.46. The third kappa shape index (κ3) is 3.38. The number of hydrogen-bond acceptors (Lipinski definition) is 3. The molecule has 2 aromatic carbocycles. The van der Waals surface area contributed by atoms with E-state index in [2.05, 4.69) is 49.1 Å². The van der Waals surface area contributed by atoms with Crippen LogP contribution in [0.25, 0.3) is 0 Å². The van der Waals surface area contributed by atoms with E-state index in [-0.39, 0.29) is 11.5 Å². The van der Waals surface area contributed by atoms with Crippen LogP contribution < -0.4 is 0 Å². The van der Waals surface area contributed by atoms with E-state index >= 15 is 0 Å². The maximum Gasteiger partial charge on any atom is 0.119 e. The van der Waals surface area contributed by atoms with Gasteiger partial charge in [0.1, 0.15) is 5.75 Å². The van der Waals surface area contributed by atoms with Gasteiger partial charge in [0.05, 0.1) is 12.7 Å². The number of likely N-dealkylation sites (tertiary alicyclic amines) is 1. The maximum atomic E-state index is 10.4. The summed E-state index contributed by atoms with van der Waals surface area (Å²) >= 11 is 0. The lowest BCUT2D eigenvalue weighted by molar-refractivity contribution is -0.00379. The van der Waals surface area contributed by atoms with Crippen molar-refractivity contribution in [1.82, 2.24) is 4.90 Å². The van der Waals surface area contributed by atoms with Crippen LogP contribution in [-0.4, -0.2) is 35.2 Å². The molecule has 1 fully saturated rings. The highest BCUT2D eigenvalue weighted by Gasteiger charge is 2.43. The van der Waals surface area contributed by atoms with E-state index in [9.17, 15) is 5.11 Å². The van der Waals surface area contributed by atoms with Crippen molar-refractivity contribution < 1.29 is 9.84 Å². The zero-order chi connectivity index (χ0) is 18.1. The highest BCUT2D eigenvalue weighted by atomic mass is 16.5. The fraction of sp³-hybridized carbons (Fsp3) is 0.478. The largest absolute Gasteiger partial charge is 0.508 e. The van der Waals surface area contributed by atoms with Gasteiger partial charge in [-0.25, -0.2) is 0 Å². The first-order valence-corrected chi connectivity index (χ1v) is 9.76. The molecule has 0 radical (unpaired) electrons. The Morgan fingerprint density at radius 1 is 1.19 bits per heavy atom. The van der Waals surface area contributed by atoms with E-state index in [1.165, 1.54) is 17.5 Å². The summed E-state index contributed by atoms with van der Waals surface area (Å²) in [4.78, 5) is 2.58. The number of piperidine rings is 1. The Kier molecular flexibility index (Phi) is 4.76. The Balaban J connectivity index is 1.41. The first-order chi connectivity index (χ1) is 12.5. The second-order valence-electron chi connectivity index (χ2n) is 8.28. The first kappa shape index (κ1) is 17.6. The van der Waals surface area contributed by atoms with Crippen LogP contribution in [-0.2, 0) is 23.2 Å². The number of benzene rings is 2. The lowest BCUT2D eigenvalue weighted by atomic mass is 9.65. The molecule has 0 aromatic heterocycles. The summed E-state index contributed by atoms with van der Waals surface area (Å²) in [5.74, 6) is 0.466.